The highest BCUT2D eigenvalue weighted by molar-refractivity contribution is 9.10. The second kappa shape index (κ2) is 8.55. The molecule has 1 heterocycles. The maximum Gasteiger partial charge on any atom is 0.351 e. The lowest BCUT2D eigenvalue weighted by Crippen LogP contribution is -2.27. The Bertz CT molecular complexity index is 1060. The summed E-state index contributed by atoms with van der Waals surface area (Å²) >= 11 is 4.78. The number of rotatable bonds is 5. The van der Waals surface area contributed by atoms with E-state index in [-0.39, 0.29) is 17.2 Å². The van der Waals surface area contributed by atoms with E-state index in [1.165, 1.54) is 18.4 Å². The summed E-state index contributed by atoms with van der Waals surface area (Å²) in [6, 6.07) is 14.1. The van der Waals surface area contributed by atoms with Crippen LogP contribution >= 0.6 is 27.3 Å². The van der Waals surface area contributed by atoms with Crippen LogP contribution in [0, 0.1) is 0 Å². The van der Waals surface area contributed by atoms with Gasteiger partial charge in [0.1, 0.15) is 5.60 Å². The number of thiophene rings is 1. The molecule has 0 radical (unpaired) electrons. The zero-order chi connectivity index (χ0) is 21.2. The van der Waals surface area contributed by atoms with Crippen LogP contribution in [0.15, 0.2) is 46.9 Å². The van der Waals surface area contributed by atoms with E-state index >= 15 is 0 Å². The van der Waals surface area contributed by atoms with Crippen LogP contribution in [0.5, 0.6) is 5.75 Å². The summed E-state index contributed by atoms with van der Waals surface area (Å²) in [5.41, 5.74) is 0.311. The van der Waals surface area contributed by atoms with Gasteiger partial charge in [0.15, 0.2) is 17.2 Å². The zero-order valence-corrected chi connectivity index (χ0v) is 19.0. The Kier molecular flexibility index (Phi) is 6.29. The SMILES string of the molecule is COC(=O)c1sc(-c2ccc3ccccc3c2)c(Br)c1OCC(=O)OC(C)(C)C. The van der Waals surface area contributed by atoms with Crippen LogP contribution in [0.4, 0.5) is 0 Å². The second-order valence-electron chi connectivity index (χ2n) is 7.33. The maximum atomic E-state index is 12.3. The number of carbonyl (C=O) groups is 2. The predicted octanol–water partition coefficient (Wildman–Crippen LogP) is 5.84. The number of fused-ring (bicyclic) bond motifs is 1. The lowest BCUT2D eigenvalue weighted by Gasteiger charge is -2.19. The average Bonchev–Trinajstić information content (AvgIpc) is 3.00. The molecule has 5 nitrogen and oxygen atoms in total. The molecule has 1 aromatic heterocycles. The summed E-state index contributed by atoms with van der Waals surface area (Å²) in [4.78, 5) is 25.4. The highest BCUT2D eigenvalue weighted by Crippen LogP contribution is 2.46. The van der Waals surface area contributed by atoms with Gasteiger partial charge in [-0.05, 0) is 59.1 Å². The largest absolute Gasteiger partial charge is 0.479 e. The molecule has 152 valence electrons. The number of ether oxygens (including phenoxy) is 3. The fourth-order valence-electron chi connectivity index (χ4n) is 2.77. The minimum atomic E-state index is -0.617. The maximum absolute atomic E-state index is 12.3. The molecule has 2 aromatic carbocycles. The van der Waals surface area contributed by atoms with Gasteiger partial charge in [-0.15, -0.1) is 11.3 Å². The summed E-state index contributed by atoms with van der Waals surface area (Å²) in [5.74, 6) is -0.767. The molecule has 0 saturated heterocycles. The highest BCUT2D eigenvalue weighted by Gasteiger charge is 2.26. The Morgan fingerprint density at radius 3 is 2.41 bits per heavy atom. The molecule has 0 bridgehead atoms. The number of halogens is 1. The van der Waals surface area contributed by atoms with Crippen LogP contribution in [0.3, 0.4) is 0 Å². The smallest absolute Gasteiger partial charge is 0.351 e. The van der Waals surface area contributed by atoms with Crippen LogP contribution < -0.4 is 4.74 Å². The van der Waals surface area contributed by atoms with Gasteiger partial charge in [-0.2, -0.15) is 0 Å². The van der Waals surface area contributed by atoms with Crippen molar-refractivity contribution in [1.29, 1.82) is 0 Å². The van der Waals surface area contributed by atoms with Crippen molar-refractivity contribution in [3.05, 3.63) is 51.8 Å². The molecule has 0 N–H and O–H groups in total. The molecule has 0 fully saturated rings. The summed E-state index contributed by atoms with van der Waals surface area (Å²) < 4.78 is 16.4. The van der Waals surface area contributed by atoms with Crippen molar-refractivity contribution in [2.24, 2.45) is 0 Å². The summed E-state index contributed by atoms with van der Waals surface area (Å²) in [6.07, 6.45) is 0. The molecule has 0 saturated carbocycles. The Hall–Kier alpha value is -2.38. The first kappa shape index (κ1) is 21.3. The number of hydrogen-bond donors (Lipinski definition) is 0. The van der Waals surface area contributed by atoms with E-state index in [4.69, 9.17) is 14.2 Å². The number of benzene rings is 2. The lowest BCUT2D eigenvalue weighted by molar-refractivity contribution is -0.157. The molecular formula is C22H21BrO5S. The topological polar surface area (TPSA) is 61.8 Å². The molecule has 0 unspecified atom stereocenters. The van der Waals surface area contributed by atoms with E-state index in [0.29, 0.717) is 4.47 Å². The minimum absolute atomic E-state index is 0.274. The third-order valence-electron chi connectivity index (χ3n) is 3.95. The van der Waals surface area contributed by atoms with Crippen LogP contribution in [0.25, 0.3) is 21.2 Å². The normalized spacial score (nSPS) is 11.3. The predicted molar refractivity (Wildman–Crippen MR) is 118 cm³/mol. The molecule has 29 heavy (non-hydrogen) atoms. The third-order valence-corrected chi connectivity index (χ3v) is 6.17. The van der Waals surface area contributed by atoms with E-state index in [1.54, 1.807) is 20.8 Å². The molecule has 0 aliphatic rings. The van der Waals surface area contributed by atoms with Crippen LogP contribution in [-0.4, -0.2) is 31.3 Å². The van der Waals surface area contributed by atoms with Crippen LogP contribution in [-0.2, 0) is 14.3 Å². The molecule has 0 aliphatic carbocycles. The van der Waals surface area contributed by atoms with E-state index < -0.39 is 17.5 Å². The molecular weight excluding hydrogens is 456 g/mol. The Balaban J connectivity index is 1.96. The fraction of sp³-hybridized carbons (Fsp3) is 0.273. The standard InChI is InChI=1S/C22H21BrO5S/c1-22(2,3)28-16(24)12-27-18-17(23)19(29-20(18)21(25)26-4)15-10-9-13-7-5-6-8-14(13)11-15/h5-11H,12H2,1-4H3. The van der Waals surface area contributed by atoms with Crippen LogP contribution in [0.1, 0.15) is 30.4 Å². The van der Waals surface area contributed by atoms with Crippen molar-refractivity contribution in [2.75, 3.05) is 13.7 Å². The van der Waals surface area contributed by atoms with Gasteiger partial charge in [-0.25, -0.2) is 9.59 Å². The first-order valence-electron chi connectivity index (χ1n) is 8.94. The number of esters is 2. The quantitative estimate of drug-likeness (QED) is 0.433. The lowest BCUT2D eigenvalue weighted by atomic mass is 10.1. The molecule has 0 aliphatic heterocycles. The Morgan fingerprint density at radius 2 is 1.76 bits per heavy atom. The fourth-order valence-corrected chi connectivity index (χ4v) is 4.74. The molecule has 3 rings (SSSR count). The molecule has 7 heteroatoms. The van der Waals surface area contributed by atoms with Gasteiger partial charge < -0.3 is 14.2 Å². The average molecular weight is 477 g/mol. The summed E-state index contributed by atoms with van der Waals surface area (Å²) in [5, 5.41) is 2.21. The monoisotopic (exact) mass is 476 g/mol. The van der Waals surface area contributed by atoms with Crippen molar-refractivity contribution in [3.8, 4) is 16.2 Å². The van der Waals surface area contributed by atoms with E-state index in [9.17, 15) is 9.59 Å². The first-order valence-corrected chi connectivity index (χ1v) is 10.5. The second-order valence-corrected chi connectivity index (χ2v) is 9.15. The van der Waals surface area contributed by atoms with Crippen molar-refractivity contribution in [1.82, 2.24) is 0 Å². The van der Waals surface area contributed by atoms with Crippen molar-refractivity contribution >= 4 is 50.0 Å². The van der Waals surface area contributed by atoms with Crippen molar-refractivity contribution in [3.63, 3.8) is 0 Å². The number of carbonyl (C=O) groups excluding carboxylic acids is 2. The summed E-state index contributed by atoms with van der Waals surface area (Å²) in [7, 11) is 1.31. The van der Waals surface area contributed by atoms with E-state index in [2.05, 4.69) is 15.9 Å². The Morgan fingerprint density at radius 1 is 1.07 bits per heavy atom. The van der Waals surface area contributed by atoms with Crippen molar-refractivity contribution < 1.29 is 23.8 Å². The van der Waals surface area contributed by atoms with Crippen LogP contribution in [0.2, 0.25) is 0 Å². The van der Waals surface area contributed by atoms with Gasteiger partial charge in [0, 0.05) is 0 Å². The molecule has 0 spiro atoms. The first-order chi connectivity index (χ1) is 13.7. The van der Waals surface area contributed by atoms with Gasteiger partial charge >= 0.3 is 11.9 Å². The minimum Gasteiger partial charge on any atom is -0.479 e. The van der Waals surface area contributed by atoms with Gasteiger partial charge in [-0.3, -0.25) is 0 Å². The van der Waals surface area contributed by atoms with E-state index in [0.717, 1.165) is 21.2 Å². The molecule has 3 aromatic rings. The van der Waals surface area contributed by atoms with Gasteiger partial charge in [0.05, 0.1) is 16.5 Å². The third kappa shape index (κ3) is 4.97. The van der Waals surface area contributed by atoms with E-state index in [1.807, 2.05) is 42.5 Å². The molecule has 0 atom stereocenters. The van der Waals surface area contributed by atoms with Gasteiger partial charge in [0.25, 0.3) is 0 Å². The number of methoxy groups -OCH3 is 1. The van der Waals surface area contributed by atoms with Crippen molar-refractivity contribution in [2.45, 2.75) is 26.4 Å². The zero-order valence-electron chi connectivity index (χ0n) is 16.6. The van der Waals surface area contributed by atoms with Gasteiger partial charge in [0.2, 0.25) is 0 Å². The van der Waals surface area contributed by atoms with Gasteiger partial charge in [-0.1, -0.05) is 36.4 Å². The Labute approximate surface area is 181 Å². The number of hydrogen-bond acceptors (Lipinski definition) is 6. The summed E-state index contributed by atoms with van der Waals surface area (Å²) in [6.45, 7) is 5.03. The molecule has 0 amide bonds. The highest BCUT2D eigenvalue weighted by atomic mass is 79.9.